The Hall–Kier alpha value is -2.41. The zero-order chi connectivity index (χ0) is 16.1. The normalized spacial score (nSPS) is 11.7. The number of ether oxygens (including phenoxy) is 1. The van der Waals surface area contributed by atoms with Crippen LogP contribution in [0.25, 0.3) is 0 Å². The van der Waals surface area contributed by atoms with Gasteiger partial charge in [-0.2, -0.15) is 0 Å². The van der Waals surface area contributed by atoms with Crippen LogP contribution in [0.15, 0.2) is 29.6 Å². The molecule has 0 aliphatic carbocycles. The van der Waals surface area contributed by atoms with Crippen molar-refractivity contribution in [3.8, 4) is 0 Å². The number of benzene rings is 1. The van der Waals surface area contributed by atoms with Gasteiger partial charge in [-0.05, 0) is 37.6 Å². The molecule has 2 rings (SSSR count). The zero-order valence-electron chi connectivity index (χ0n) is 12.3. The second kappa shape index (κ2) is 7.04. The Morgan fingerprint density at radius 2 is 2.05 bits per heavy atom. The van der Waals surface area contributed by atoms with Crippen LogP contribution in [-0.2, 0) is 9.53 Å². The Morgan fingerprint density at radius 1 is 1.36 bits per heavy atom. The first-order valence-corrected chi connectivity index (χ1v) is 7.67. The van der Waals surface area contributed by atoms with Crippen LogP contribution < -0.4 is 11.1 Å². The van der Waals surface area contributed by atoms with E-state index in [1.54, 1.807) is 31.2 Å². The quantitative estimate of drug-likeness (QED) is 0.652. The topological polar surface area (TPSA) is 94.3 Å². The number of aromatic nitrogens is 1. The van der Waals surface area contributed by atoms with Gasteiger partial charge in [0.1, 0.15) is 0 Å². The molecule has 0 spiro atoms. The molecule has 0 bridgehead atoms. The molecule has 3 N–H and O–H groups in total. The van der Waals surface area contributed by atoms with E-state index in [0.29, 0.717) is 22.8 Å². The van der Waals surface area contributed by atoms with Gasteiger partial charge in [-0.15, -0.1) is 11.3 Å². The minimum absolute atomic E-state index is 0.352. The molecule has 0 fully saturated rings. The summed E-state index contributed by atoms with van der Waals surface area (Å²) in [7, 11) is 0. The maximum atomic E-state index is 12.1. The van der Waals surface area contributed by atoms with Crippen molar-refractivity contribution < 1.29 is 14.3 Å². The third kappa shape index (κ3) is 4.05. The highest BCUT2D eigenvalue weighted by Crippen LogP contribution is 2.16. The Morgan fingerprint density at radius 3 is 2.59 bits per heavy atom. The third-order valence-corrected chi connectivity index (χ3v) is 3.78. The van der Waals surface area contributed by atoms with Gasteiger partial charge in [0, 0.05) is 11.1 Å². The van der Waals surface area contributed by atoms with Gasteiger partial charge in [0.15, 0.2) is 11.2 Å². The lowest BCUT2D eigenvalue weighted by Gasteiger charge is -2.15. The van der Waals surface area contributed by atoms with Gasteiger partial charge < -0.3 is 10.5 Å². The molecular formula is C15H17N3O3S. The van der Waals surface area contributed by atoms with Crippen molar-refractivity contribution in [1.29, 1.82) is 0 Å². The van der Waals surface area contributed by atoms with Crippen molar-refractivity contribution in [2.24, 2.45) is 0 Å². The molecule has 0 radical (unpaired) electrons. The van der Waals surface area contributed by atoms with E-state index in [-0.39, 0.29) is 5.91 Å². The van der Waals surface area contributed by atoms with Gasteiger partial charge in [0.05, 0.1) is 11.3 Å². The summed E-state index contributed by atoms with van der Waals surface area (Å²) in [5.74, 6) is -0.946. The molecule has 0 saturated heterocycles. The van der Waals surface area contributed by atoms with Crippen molar-refractivity contribution in [1.82, 2.24) is 4.98 Å². The van der Waals surface area contributed by atoms with E-state index in [1.807, 2.05) is 12.3 Å². The molecule has 22 heavy (non-hydrogen) atoms. The molecule has 7 heteroatoms. The molecule has 1 aromatic heterocycles. The minimum atomic E-state index is -0.866. The van der Waals surface area contributed by atoms with Gasteiger partial charge in [-0.1, -0.05) is 6.92 Å². The number of carbonyl (C=O) groups excluding carboxylic acids is 2. The lowest BCUT2D eigenvalue weighted by Crippen LogP contribution is -2.32. The molecule has 1 atom stereocenters. The van der Waals surface area contributed by atoms with Crippen LogP contribution in [0.1, 0.15) is 29.4 Å². The predicted molar refractivity (Wildman–Crippen MR) is 85.8 cm³/mol. The second-order valence-corrected chi connectivity index (χ2v) is 5.57. The Kier molecular flexibility index (Phi) is 5.11. The maximum Gasteiger partial charge on any atom is 0.338 e. The number of amides is 1. The number of nitrogen functional groups attached to an aromatic ring is 1. The van der Waals surface area contributed by atoms with Crippen molar-refractivity contribution in [2.45, 2.75) is 26.4 Å². The molecule has 0 aliphatic rings. The number of aryl methyl sites for hydroxylation is 1. The molecule has 6 nitrogen and oxygen atoms in total. The molecule has 2 aromatic rings. The number of carbonyl (C=O) groups is 2. The van der Waals surface area contributed by atoms with Crippen LogP contribution >= 0.6 is 11.3 Å². The van der Waals surface area contributed by atoms with Crippen molar-refractivity contribution in [3.63, 3.8) is 0 Å². The third-order valence-electron chi connectivity index (χ3n) is 2.91. The number of esters is 1. The predicted octanol–water partition coefficient (Wildman–Crippen LogP) is 2.61. The fourth-order valence-electron chi connectivity index (χ4n) is 1.74. The molecule has 0 aliphatic heterocycles. The number of nitrogens with one attached hydrogen (secondary N) is 1. The van der Waals surface area contributed by atoms with Gasteiger partial charge in [-0.25, -0.2) is 9.78 Å². The summed E-state index contributed by atoms with van der Waals surface area (Å²) in [5, 5.41) is 4.97. The van der Waals surface area contributed by atoms with E-state index < -0.39 is 12.1 Å². The van der Waals surface area contributed by atoms with Crippen LogP contribution in [0.3, 0.4) is 0 Å². The highest BCUT2D eigenvalue weighted by Gasteiger charge is 2.22. The summed E-state index contributed by atoms with van der Waals surface area (Å²) in [4.78, 5) is 28.3. The molecular weight excluding hydrogens is 302 g/mol. The summed E-state index contributed by atoms with van der Waals surface area (Å²) in [5.41, 5.74) is 7.30. The Labute approximate surface area is 132 Å². The SMILES string of the molecule is CCC(OC(=O)c1ccc(N)cc1)C(=O)Nc1nc(C)cs1. The second-order valence-electron chi connectivity index (χ2n) is 4.71. The van der Waals surface area contributed by atoms with E-state index in [4.69, 9.17) is 10.5 Å². The number of anilines is 2. The fraction of sp³-hybridized carbons (Fsp3) is 0.267. The summed E-state index contributed by atoms with van der Waals surface area (Å²) < 4.78 is 5.25. The van der Waals surface area contributed by atoms with E-state index >= 15 is 0 Å². The van der Waals surface area contributed by atoms with Crippen molar-refractivity contribution >= 4 is 34.0 Å². The van der Waals surface area contributed by atoms with E-state index in [0.717, 1.165) is 5.69 Å². The Bertz CT molecular complexity index is 667. The van der Waals surface area contributed by atoms with Crippen LogP contribution in [0.4, 0.5) is 10.8 Å². The van der Waals surface area contributed by atoms with Crippen LogP contribution in [0, 0.1) is 6.92 Å². The zero-order valence-corrected chi connectivity index (χ0v) is 13.1. The standard InChI is InChI=1S/C15H17N3O3S/c1-3-12(13(19)18-15-17-9(2)8-22-15)21-14(20)10-4-6-11(16)7-5-10/h4-8,12H,3,16H2,1-2H3,(H,17,18,19). The van der Waals surface area contributed by atoms with Crippen LogP contribution in [0.5, 0.6) is 0 Å². The molecule has 1 aromatic carbocycles. The van der Waals surface area contributed by atoms with Crippen molar-refractivity contribution in [3.05, 3.63) is 40.9 Å². The van der Waals surface area contributed by atoms with Gasteiger partial charge in [-0.3, -0.25) is 10.1 Å². The first kappa shape index (κ1) is 16.0. The lowest BCUT2D eigenvalue weighted by atomic mass is 10.2. The molecule has 0 saturated carbocycles. The summed E-state index contributed by atoms with van der Waals surface area (Å²) in [6.45, 7) is 3.61. The number of thiazole rings is 1. The van der Waals surface area contributed by atoms with Gasteiger partial charge in [0.25, 0.3) is 5.91 Å². The average Bonchev–Trinajstić information content (AvgIpc) is 2.90. The molecule has 1 heterocycles. The molecule has 1 amide bonds. The lowest BCUT2D eigenvalue weighted by molar-refractivity contribution is -0.124. The van der Waals surface area contributed by atoms with Crippen LogP contribution in [0.2, 0.25) is 0 Å². The minimum Gasteiger partial charge on any atom is -0.449 e. The maximum absolute atomic E-state index is 12.1. The monoisotopic (exact) mass is 319 g/mol. The van der Waals surface area contributed by atoms with Crippen molar-refractivity contribution in [2.75, 3.05) is 11.1 Å². The number of nitrogens with zero attached hydrogens (tertiary/aromatic N) is 1. The highest BCUT2D eigenvalue weighted by atomic mass is 32.1. The summed E-state index contributed by atoms with van der Waals surface area (Å²) in [6.07, 6.45) is -0.494. The summed E-state index contributed by atoms with van der Waals surface area (Å²) >= 11 is 1.33. The summed E-state index contributed by atoms with van der Waals surface area (Å²) in [6, 6.07) is 6.34. The van der Waals surface area contributed by atoms with E-state index in [2.05, 4.69) is 10.3 Å². The fourth-order valence-corrected chi connectivity index (χ4v) is 2.43. The van der Waals surface area contributed by atoms with Gasteiger partial charge >= 0.3 is 5.97 Å². The average molecular weight is 319 g/mol. The van der Waals surface area contributed by atoms with Gasteiger partial charge in [0.2, 0.25) is 0 Å². The number of rotatable bonds is 5. The molecule has 116 valence electrons. The first-order valence-electron chi connectivity index (χ1n) is 6.79. The number of hydrogen-bond donors (Lipinski definition) is 2. The largest absolute Gasteiger partial charge is 0.449 e. The Balaban J connectivity index is 2.00. The smallest absolute Gasteiger partial charge is 0.338 e. The molecule has 1 unspecified atom stereocenters. The number of nitrogens with two attached hydrogens (primary N) is 1. The van der Waals surface area contributed by atoms with E-state index in [9.17, 15) is 9.59 Å². The van der Waals surface area contributed by atoms with E-state index in [1.165, 1.54) is 11.3 Å². The highest BCUT2D eigenvalue weighted by molar-refractivity contribution is 7.13. The first-order chi connectivity index (χ1) is 10.5. The van der Waals surface area contributed by atoms with Crippen LogP contribution in [-0.4, -0.2) is 23.0 Å². The number of hydrogen-bond acceptors (Lipinski definition) is 6.